The molecule has 1 unspecified atom stereocenters. The number of thioether (sulfide) groups is 1. The van der Waals surface area contributed by atoms with Crippen molar-refractivity contribution < 1.29 is 23.9 Å². The number of ether oxygens (including phenoxy) is 2. The molecule has 2 aromatic rings. The summed E-state index contributed by atoms with van der Waals surface area (Å²) in [5.74, 6) is -1.19. The van der Waals surface area contributed by atoms with E-state index in [-0.39, 0.29) is 30.2 Å². The largest absolute Gasteiger partial charge is 0.463 e. The van der Waals surface area contributed by atoms with E-state index in [2.05, 4.69) is 15.6 Å². The summed E-state index contributed by atoms with van der Waals surface area (Å²) in [6.07, 6.45) is 3.79. The number of esters is 2. The molecular weight excluding hydrogens is 420 g/mol. The lowest BCUT2D eigenvalue weighted by Crippen LogP contribution is -2.51. The van der Waals surface area contributed by atoms with Crippen molar-refractivity contribution >= 4 is 29.7 Å². The predicted octanol–water partition coefficient (Wildman–Crippen LogP) is 2.66. The fraction of sp³-hybridized carbons (Fsp3) is 0.333. The van der Waals surface area contributed by atoms with Crippen LogP contribution >= 0.6 is 11.8 Å². The first-order chi connectivity index (χ1) is 15.0. The molecule has 0 aliphatic carbocycles. The van der Waals surface area contributed by atoms with E-state index in [0.717, 1.165) is 5.69 Å². The van der Waals surface area contributed by atoms with E-state index in [0.29, 0.717) is 11.6 Å². The zero-order valence-electron chi connectivity index (χ0n) is 17.5. The highest BCUT2D eigenvalue weighted by Crippen LogP contribution is 2.23. The van der Waals surface area contributed by atoms with Crippen LogP contribution in [-0.4, -0.2) is 53.0 Å². The van der Waals surface area contributed by atoms with E-state index in [1.807, 2.05) is 43.5 Å². The number of imidazole rings is 1. The summed E-state index contributed by atoms with van der Waals surface area (Å²) in [6.45, 7) is 3.43. The number of carbonyl (C=O) groups excluding carboxylic acids is 3. The molecule has 31 heavy (non-hydrogen) atoms. The molecule has 1 atom stereocenters. The Kier molecular flexibility index (Phi) is 7.35. The maximum atomic E-state index is 12.9. The first-order valence-electron chi connectivity index (χ1n) is 9.82. The zero-order valence-corrected chi connectivity index (χ0v) is 18.3. The second-order valence-electron chi connectivity index (χ2n) is 6.55. The lowest BCUT2D eigenvalue weighted by atomic mass is 10.0. The highest BCUT2D eigenvalue weighted by Gasteiger charge is 2.32. The van der Waals surface area contributed by atoms with Gasteiger partial charge in [-0.15, -0.1) is 0 Å². The molecule has 1 aromatic carbocycles. The minimum Gasteiger partial charge on any atom is -0.463 e. The van der Waals surface area contributed by atoms with Gasteiger partial charge in [-0.25, -0.2) is 19.4 Å². The zero-order chi connectivity index (χ0) is 22.4. The Hall–Kier alpha value is -3.27. The van der Waals surface area contributed by atoms with Gasteiger partial charge in [-0.2, -0.15) is 0 Å². The smallest absolute Gasteiger partial charge is 0.357 e. The lowest BCUT2D eigenvalue weighted by Gasteiger charge is -2.28. The number of aromatic nitrogens is 2. The number of nitrogens with one attached hydrogen (secondary N) is 2. The number of hydrogen-bond acceptors (Lipinski definition) is 7. The molecule has 2 heterocycles. The van der Waals surface area contributed by atoms with Crippen LogP contribution in [-0.2, 0) is 14.3 Å². The summed E-state index contributed by atoms with van der Waals surface area (Å²) in [4.78, 5) is 41.6. The first-order valence-corrected chi connectivity index (χ1v) is 11.0. The summed E-state index contributed by atoms with van der Waals surface area (Å²) < 4.78 is 12.3. The van der Waals surface area contributed by atoms with Gasteiger partial charge in [0, 0.05) is 5.69 Å². The quantitative estimate of drug-likeness (QED) is 0.476. The van der Waals surface area contributed by atoms with Crippen LogP contribution in [0.1, 0.15) is 30.8 Å². The van der Waals surface area contributed by atoms with Gasteiger partial charge in [0.2, 0.25) is 0 Å². The van der Waals surface area contributed by atoms with Crippen molar-refractivity contribution in [2.45, 2.75) is 31.5 Å². The van der Waals surface area contributed by atoms with Gasteiger partial charge >= 0.3 is 18.0 Å². The molecule has 0 spiro atoms. The third kappa shape index (κ3) is 4.91. The van der Waals surface area contributed by atoms with Crippen LogP contribution in [0, 0.1) is 0 Å². The van der Waals surface area contributed by atoms with E-state index in [1.54, 1.807) is 11.5 Å². The monoisotopic (exact) mass is 444 g/mol. The van der Waals surface area contributed by atoms with Gasteiger partial charge in [-0.1, -0.05) is 36.9 Å². The van der Waals surface area contributed by atoms with Crippen molar-refractivity contribution in [3.63, 3.8) is 0 Å². The second-order valence-corrected chi connectivity index (χ2v) is 7.32. The summed E-state index contributed by atoms with van der Waals surface area (Å²) in [7, 11) is 0. The Morgan fingerprint density at radius 3 is 2.55 bits per heavy atom. The van der Waals surface area contributed by atoms with Crippen molar-refractivity contribution in [2.24, 2.45) is 0 Å². The number of rotatable bonds is 8. The maximum absolute atomic E-state index is 12.9. The minimum absolute atomic E-state index is 0.188. The van der Waals surface area contributed by atoms with Crippen molar-refractivity contribution in [2.75, 3.05) is 19.5 Å². The molecule has 9 nitrogen and oxygen atoms in total. The maximum Gasteiger partial charge on any atom is 0.357 e. The molecule has 0 saturated heterocycles. The van der Waals surface area contributed by atoms with Crippen LogP contribution in [0.15, 0.2) is 53.0 Å². The fourth-order valence-electron chi connectivity index (χ4n) is 3.24. The van der Waals surface area contributed by atoms with Gasteiger partial charge in [0.1, 0.15) is 6.61 Å². The van der Waals surface area contributed by atoms with Gasteiger partial charge in [-0.05, 0) is 31.7 Å². The summed E-state index contributed by atoms with van der Waals surface area (Å²) in [6, 6.07) is 8.33. The van der Waals surface area contributed by atoms with E-state index >= 15 is 0 Å². The highest BCUT2D eigenvalue weighted by atomic mass is 32.2. The molecule has 2 amide bonds. The predicted molar refractivity (Wildman–Crippen MR) is 115 cm³/mol. The van der Waals surface area contributed by atoms with E-state index in [4.69, 9.17) is 9.47 Å². The first kappa shape index (κ1) is 22.4. The highest BCUT2D eigenvalue weighted by molar-refractivity contribution is 7.98. The Balaban J connectivity index is 1.88. The van der Waals surface area contributed by atoms with Crippen LogP contribution in [0.2, 0.25) is 0 Å². The number of hydrogen-bond donors (Lipinski definition) is 2. The van der Waals surface area contributed by atoms with Crippen LogP contribution in [0.3, 0.4) is 0 Å². The Bertz CT molecular complexity index is 1000. The average molecular weight is 445 g/mol. The summed E-state index contributed by atoms with van der Waals surface area (Å²) in [5, 5.41) is 5.88. The molecule has 2 N–H and O–H groups in total. The van der Waals surface area contributed by atoms with Gasteiger partial charge in [0.25, 0.3) is 0 Å². The topological polar surface area (TPSA) is 112 Å². The lowest BCUT2D eigenvalue weighted by molar-refractivity contribution is -0.139. The van der Waals surface area contributed by atoms with Gasteiger partial charge in [-0.3, -0.25) is 4.57 Å². The van der Waals surface area contributed by atoms with E-state index in [1.165, 1.54) is 18.0 Å². The van der Waals surface area contributed by atoms with Gasteiger partial charge in [0.05, 0.1) is 30.1 Å². The Morgan fingerprint density at radius 1 is 1.16 bits per heavy atom. The second kappa shape index (κ2) is 10.2. The van der Waals surface area contributed by atoms with E-state index < -0.39 is 24.0 Å². The Morgan fingerprint density at radius 2 is 1.90 bits per heavy atom. The third-order valence-corrected chi connectivity index (χ3v) is 5.28. The van der Waals surface area contributed by atoms with Gasteiger partial charge < -0.3 is 20.1 Å². The molecule has 0 bridgehead atoms. The molecule has 0 radical (unpaired) electrons. The number of amides is 2. The summed E-state index contributed by atoms with van der Waals surface area (Å²) in [5.41, 5.74) is 1.46. The van der Waals surface area contributed by atoms with Crippen LogP contribution < -0.4 is 10.6 Å². The van der Waals surface area contributed by atoms with Crippen molar-refractivity contribution in [1.29, 1.82) is 0 Å². The third-order valence-electron chi connectivity index (χ3n) is 4.63. The van der Waals surface area contributed by atoms with Crippen molar-refractivity contribution in [3.8, 4) is 5.69 Å². The van der Waals surface area contributed by atoms with E-state index in [9.17, 15) is 14.4 Å². The normalized spacial score (nSPS) is 15.8. The number of carbonyl (C=O) groups is 3. The minimum atomic E-state index is -0.631. The number of benzene rings is 1. The molecule has 10 heteroatoms. The van der Waals surface area contributed by atoms with Gasteiger partial charge in [0.15, 0.2) is 10.9 Å². The molecule has 3 rings (SSSR count). The van der Waals surface area contributed by atoms with Crippen molar-refractivity contribution in [1.82, 2.24) is 20.2 Å². The van der Waals surface area contributed by atoms with Crippen LogP contribution in [0.4, 0.5) is 4.79 Å². The molecule has 164 valence electrons. The molecule has 1 aromatic heterocycles. The number of nitrogens with zero attached hydrogens (tertiary/aromatic N) is 2. The standard InChI is InChI=1S/C21H24N4O5S/c1-4-14-17(19(27)29-5-2)15(24-20(28)23-14)12-30-18(26)16-11-22-21(31-3)25(16)13-9-7-6-8-10-13/h6-11,14H,4-5,12H2,1-3H3,(H2,23,24,28). The SMILES string of the molecule is CCOC(=O)C1=C(COC(=O)c2cnc(SC)n2-c2ccccc2)NC(=O)NC1CC. The molecule has 1 aliphatic heterocycles. The number of para-hydroxylation sites is 1. The fourth-order valence-corrected chi connectivity index (χ4v) is 3.78. The molecular formula is C21H24N4O5S. The number of urea groups is 1. The molecule has 0 fully saturated rings. The Labute approximate surface area is 184 Å². The van der Waals surface area contributed by atoms with Crippen LogP contribution in [0.5, 0.6) is 0 Å². The van der Waals surface area contributed by atoms with Crippen LogP contribution in [0.25, 0.3) is 5.69 Å². The molecule has 1 aliphatic rings. The van der Waals surface area contributed by atoms with Crippen molar-refractivity contribution in [3.05, 3.63) is 53.5 Å². The summed E-state index contributed by atoms with van der Waals surface area (Å²) >= 11 is 1.40. The average Bonchev–Trinajstić information content (AvgIpc) is 3.22. The molecule has 0 saturated carbocycles.